The number of nitrogens with zero attached hydrogens (tertiary/aromatic N) is 3. The number of ketones is 2. The molecule has 0 spiro atoms. The maximum Gasteiger partial charge on any atom is 0.321 e. The fourth-order valence-corrected chi connectivity index (χ4v) is 9.01. The first kappa shape index (κ1) is 40.2. The van der Waals surface area contributed by atoms with E-state index in [1.54, 1.807) is 20.8 Å². The molecule has 0 amide bonds. The predicted octanol–water partition coefficient (Wildman–Crippen LogP) is 8.15. The lowest BCUT2D eigenvalue weighted by molar-refractivity contribution is -0.144. The second kappa shape index (κ2) is 15.4. The molecular formula is C47H50N4O7. The average Bonchev–Trinajstić information content (AvgIpc) is 3.95. The molecule has 5 heterocycles. The summed E-state index contributed by atoms with van der Waals surface area (Å²) < 4.78 is 10.9. The van der Waals surface area contributed by atoms with E-state index in [2.05, 4.69) is 32.7 Å². The molecule has 1 fully saturated rings. The number of ether oxygens (including phenoxy) is 2. The lowest BCUT2D eigenvalue weighted by Gasteiger charge is -2.20. The Bertz CT molecular complexity index is 2460. The number of aliphatic hydroxyl groups is 1. The molecule has 7 aliphatic rings. The largest absolute Gasteiger partial charge is 0.510 e. The van der Waals surface area contributed by atoms with Crippen LogP contribution in [0.3, 0.4) is 0 Å². The first-order chi connectivity index (χ1) is 27.6. The highest BCUT2D eigenvalue weighted by atomic mass is 16.5. The number of aliphatic hydroxyl groups excluding tert-OH is 1. The molecular weight excluding hydrogens is 733 g/mol. The van der Waals surface area contributed by atoms with Crippen LogP contribution in [0.25, 0.3) is 0 Å². The van der Waals surface area contributed by atoms with Crippen molar-refractivity contribution in [1.82, 2.24) is 5.32 Å². The summed E-state index contributed by atoms with van der Waals surface area (Å²) in [6.45, 7) is 19.3. The number of carbonyl (C=O) groups excluding carboxylic acids is 4. The Morgan fingerprint density at radius 3 is 2.26 bits per heavy atom. The van der Waals surface area contributed by atoms with E-state index in [1.165, 1.54) is 7.11 Å². The molecule has 0 radical (unpaired) electrons. The van der Waals surface area contributed by atoms with Crippen molar-refractivity contribution in [3.8, 4) is 0 Å². The maximum atomic E-state index is 13.6. The monoisotopic (exact) mass is 782 g/mol. The number of carbonyl (C=O) groups is 4. The Kier molecular flexibility index (Phi) is 10.7. The molecule has 58 heavy (non-hydrogen) atoms. The molecule has 11 nitrogen and oxygen atoms in total. The minimum absolute atomic E-state index is 0.0656. The highest BCUT2D eigenvalue weighted by molar-refractivity contribution is 6.25. The number of Topliss-reactive ketones (excluding diaryl/α,β-unsaturated/α-hetero) is 2. The summed E-state index contributed by atoms with van der Waals surface area (Å²) in [4.78, 5) is 67.6. The SMILES string of the molecule is C=CC1=C(C)C2=NC1=CC1=NC(=CC3=C(C)C4=C(O)C(C(=O)OC)C(=C5NC(=C2)C(C)C5CCC(=O)OCCCC2=C(C)C(=O)C(C)=C(C)C2=O)C4=N3)C(CC)=C1C. The molecule has 3 unspecified atom stereocenters. The van der Waals surface area contributed by atoms with E-state index in [4.69, 9.17) is 24.5 Å². The third-order valence-electron chi connectivity index (χ3n) is 12.7. The van der Waals surface area contributed by atoms with Gasteiger partial charge in [-0.1, -0.05) is 26.5 Å². The molecule has 3 atom stereocenters. The normalized spacial score (nSPS) is 24.1. The lowest BCUT2D eigenvalue weighted by atomic mass is 9.84. The topological polar surface area (TPSA) is 156 Å². The van der Waals surface area contributed by atoms with Crippen LogP contribution >= 0.6 is 0 Å². The van der Waals surface area contributed by atoms with Crippen LogP contribution in [0.1, 0.15) is 87.5 Å². The van der Waals surface area contributed by atoms with Crippen LogP contribution in [0.4, 0.5) is 0 Å². The van der Waals surface area contributed by atoms with Gasteiger partial charge in [0.2, 0.25) is 0 Å². The number of rotatable bonds is 10. The van der Waals surface area contributed by atoms with Gasteiger partial charge in [0.05, 0.1) is 47.9 Å². The number of allylic oxidation sites excluding steroid dienone is 15. The van der Waals surface area contributed by atoms with Crippen molar-refractivity contribution in [3.05, 3.63) is 126 Å². The molecule has 300 valence electrons. The molecule has 2 N–H and O–H groups in total. The van der Waals surface area contributed by atoms with Crippen molar-refractivity contribution in [1.29, 1.82) is 0 Å². The van der Waals surface area contributed by atoms with Crippen molar-refractivity contribution in [2.75, 3.05) is 13.7 Å². The van der Waals surface area contributed by atoms with Crippen LogP contribution in [-0.2, 0) is 28.7 Å². The van der Waals surface area contributed by atoms with Gasteiger partial charge in [-0.05, 0) is 108 Å². The van der Waals surface area contributed by atoms with Gasteiger partial charge in [-0.25, -0.2) is 15.0 Å². The zero-order valence-electron chi connectivity index (χ0n) is 34.7. The first-order valence-corrected chi connectivity index (χ1v) is 19.9. The number of esters is 2. The highest BCUT2D eigenvalue weighted by Gasteiger charge is 2.49. The smallest absolute Gasteiger partial charge is 0.321 e. The first-order valence-electron chi connectivity index (χ1n) is 19.9. The van der Waals surface area contributed by atoms with E-state index in [9.17, 15) is 24.3 Å². The van der Waals surface area contributed by atoms with Gasteiger partial charge in [-0.15, -0.1) is 0 Å². The van der Waals surface area contributed by atoms with Gasteiger partial charge in [-0.3, -0.25) is 19.2 Å². The van der Waals surface area contributed by atoms with Crippen molar-refractivity contribution < 1.29 is 33.8 Å². The lowest BCUT2D eigenvalue weighted by Crippen LogP contribution is -2.25. The average molecular weight is 783 g/mol. The van der Waals surface area contributed by atoms with Gasteiger partial charge in [0.25, 0.3) is 0 Å². The van der Waals surface area contributed by atoms with Gasteiger partial charge >= 0.3 is 11.9 Å². The number of methoxy groups -OCH3 is 1. The Morgan fingerprint density at radius 2 is 1.57 bits per heavy atom. The summed E-state index contributed by atoms with van der Waals surface area (Å²) in [5, 5.41) is 15.5. The van der Waals surface area contributed by atoms with Gasteiger partial charge in [0, 0.05) is 68.7 Å². The van der Waals surface area contributed by atoms with E-state index in [0.29, 0.717) is 69.8 Å². The van der Waals surface area contributed by atoms with E-state index in [1.807, 2.05) is 38.2 Å². The number of hydrogen-bond acceptors (Lipinski definition) is 11. The van der Waals surface area contributed by atoms with Crippen LogP contribution < -0.4 is 5.32 Å². The van der Waals surface area contributed by atoms with Crippen molar-refractivity contribution in [2.45, 2.75) is 87.5 Å². The number of nitrogens with one attached hydrogen (secondary N) is 1. The second-order valence-electron chi connectivity index (χ2n) is 15.8. The van der Waals surface area contributed by atoms with Gasteiger partial charge < -0.3 is 19.9 Å². The Morgan fingerprint density at radius 1 is 0.879 bits per heavy atom. The summed E-state index contributed by atoms with van der Waals surface area (Å²) in [6.07, 6.45) is 9.65. The number of fused-ring (bicyclic) bond motifs is 5. The second-order valence-corrected chi connectivity index (χ2v) is 15.8. The molecule has 0 aromatic carbocycles. The summed E-state index contributed by atoms with van der Waals surface area (Å²) in [6, 6.07) is 0. The van der Waals surface area contributed by atoms with E-state index in [-0.39, 0.29) is 42.2 Å². The fourth-order valence-electron chi connectivity index (χ4n) is 9.01. The van der Waals surface area contributed by atoms with Crippen LogP contribution in [0.15, 0.2) is 141 Å². The minimum Gasteiger partial charge on any atom is -0.510 e. The zero-order chi connectivity index (χ0) is 41.9. The molecule has 0 aromatic heterocycles. The zero-order valence-corrected chi connectivity index (χ0v) is 34.7. The minimum atomic E-state index is -1.13. The van der Waals surface area contributed by atoms with Crippen molar-refractivity contribution in [2.24, 2.45) is 32.7 Å². The Balaban J connectivity index is 1.25. The van der Waals surface area contributed by atoms with Crippen molar-refractivity contribution in [3.63, 3.8) is 0 Å². The summed E-state index contributed by atoms with van der Waals surface area (Å²) in [5.74, 6) is -3.04. The molecule has 11 heteroatoms. The van der Waals surface area contributed by atoms with Crippen LogP contribution in [-0.4, -0.2) is 59.5 Å². The van der Waals surface area contributed by atoms with Crippen molar-refractivity contribution >= 4 is 40.6 Å². The van der Waals surface area contributed by atoms with E-state index >= 15 is 0 Å². The summed E-state index contributed by atoms with van der Waals surface area (Å²) >= 11 is 0. The third kappa shape index (κ3) is 6.50. The van der Waals surface area contributed by atoms with Gasteiger partial charge in [0.15, 0.2) is 11.6 Å². The molecule has 2 aliphatic carbocycles. The predicted molar refractivity (Wildman–Crippen MR) is 224 cm³/mol. The van der Waals surface area contributed by atoms with Gasteiger partial charge in [0.1, 0.15) is 11.7 Å². The maximum absolute atomic E-state index is 13.6. The van der Waals surface area contributed by atoms with Gasteiger partial charge in [-0.2, -0.15) is 0 Å². The van der Waals surface area contributed by atoms with Crippen LogP contribution in [0.2, 0.25) is 0 Å². The summed E-state index contributed by atoms with van der Waals surface area (Å²) in [5.41, 5.74) is 13.3. The Hall–Kier alpha value is -5.97. The third-order valence-corrected chi connectivity index (χ3v) is 12.7. The fraction of sp³-hybridized carbons (Fsp3) is 0.383. The number of hydrogen-bond donors (Lipinski definition) is 2. The van der Waals surface area contributed by atoms with E-state index < -0.39 is 17.9 Å². The van der Waals surface area contributed by atoms with Crippen LogP contribution in [0.5, 0.6) is 0 Å². The molecule has 1 saturated heterocycles. The standard InChI is InChI=1S/C47H50N4O7/c1-11-28-23(5)32-18-34-25(7)30(15-16-38(52)58-17-13-14-31-26(8)44(53)21(3)22(4)45(31)54)42(50-34)40-41(47(56)57-10)46(55)39-27(9)35(51-43(39)40)20-37-29(12-2)24(6)33(49-37)19-36(28)48-32/h11,18-20,25,30,41,50,55H,1,12-17H2,2-10H3. The van der Waals surface area contributed by atoms with Crippen LogP contribution in [0, 0.1) is 17.8 Å². The van der Waals surface area contributed by atoms with E-state index in [0.717, 1.165) is 62.8 Å². The molecule has 0 saturated carbocycles. The number of aliphatic imine (C=N–C) groups is 3. The highest BCUT2D eigenvalue weighted by Crippen LogP contribution is 2.49. The quantitative estimate of drug-likeness (QED) is 0.128. The Labute approximate surface area is 339 Å². The molecule has 8 bridgehead atoms. The molecule has 0 aromatic rings. The molecule has 5 aliphatic heterocycles. The molecule has 7 rings (SSSR count). The summed E-state index contributed by atoms with van der Waals surface area (Å²) in [7, 11) is 1.30.